The molecule has 16 aromatic rings. The largest absolute Gasteiger partial charge is 0.309 e. The van der Waals surface area contributed by atoms with Crippen molar-refractivity contribution in [3.63, 3.8) is 0 Å². The molecule has 0 aliphatic heterocycles. The predicted molar refractivity (Wildman–Crippen MR) is 292 cm³/mol. The molecule has 0 saturated carbocycles. The van der Waals surface area contributed by atoms with Gasteiger partial charge in [-0.1, -0.05) is 121 Å². The van der Waals surface area contributed by atoms with Gasteiger partial charge >= 0.3 is 0 Å². The molecule has 0 bridgehead atoms. The molecule has 6 aromatic heterocycles. The van der Waals surface area contributed by atoms with E-state index in [0.717, 1.165) is 77.4 Å². The van der Waals surface area contributed by atoms with Crippen LogP contribution in [-0.4, -0.2) is 28.2 Å². The number of nitrogens with zero attached hydrogens (tertiary/aromatic N) is 6. The average Bonchev–Trinajstić information content (AvgIpc) is 4.16. The third kappa shape index (κ3) is 4.90. The first-order chi connectivity index (χ1) is 34.8. The van der Waals surface area contributed by atoms with Gasteiger partial charge in [-0.05, 0) is 119 Å². The van der Waals surface area contributed by atoms with E-state index in [1.54, 1.807) is 0 Å². The highest BCUT2D eigenvalue weighted by atomic mass is 15.0. The zero-order chi connectivity index (χ0) is 45.6. The molecule has 0 spiro atoms. The fourth-order valence-corrected chi connectivity index (χ4v) is 12.3. The molecule has 0 saturated heterocycles. The Morgan fingerprint density at radius 1 is 0.229 bits per heavy atom. The zero-order valence-electron chi connectivity index (χ0n) is 37.6. The van der Waals surface area contributed by atoms with Crippen LogP contribution in [0, 0.1) is 0 Å². The number of para-hydroxylation sites is 4. The molecule has 324 valence electrons. The molecule has 6 nitrogen and oxygen atoms in total. The molecule has 70 heavy (non-hydrogen) atoms. The molecule has 0 aliphatic rings. The molecule has 10 aromatic carbocycles. The molecule has 0 N–H and O–H groups in total. The predicted octanol–water partition coefficient (Wildman–Crippen LogP) is 16.3. The van der Waals surface area contributed by atoms with Crippen molar-refractivity contribution in [2.75, 3.05) is 0 Å². The lowest BCUT2D eigenvalue weighted by molar-refractivity contribution is 1.16. The van der Waals surface area contributed by atoms with Crippen LogP contribution in [0.1, 0.15) is 0 Å². The van der Waals surface area contributed by atoms with E-state index in [1.165, 1.54) is 65.2 Å². The van der Waals surface area contributed by atoms with Crippen LogP contribution in [-0.2, 0) is 0 Å². The summed E-state index contributed by atoms with van der Waals surface area (Å²) in [5.41, 5.74) is 15.5. The number of hydrogen-bond acceptors (Lipinski definition) is 2. The van der Waals surface area contributed by atoms with Crippen LogP contribution < -0.4 is 0 Å². The van der Waals surface area contributed by atoms with Crippen molar-refractivity contribution in [3.05, 3.63) is 231 Å². The average molecular weight is 891 g/mol. The van der Waals surface area contributed by atoms with E-state index in [9.17, 15) is 0 Å². The van der Waals surface area contributed by atoms with Crippen LogP contribution in [0.2, 0.25) is 0 Å². The fourth-order valence-electron chi connectivity index (χ4n) is 12.3. The van der Waals surface area contributed by atoms with Gasteiger partial charge in [0, 0.05) is 78.2 Å². The lowest BCUT2D eigenvalue weighted by atomic mass is 9.91. The normalized spacial score (nSPS) is 12.3. The van der Waals surface area contributed by atoms with Crippen LogP contribution in [0.5, 0.6) is 0 Å². The zero-order valence-corrected chi connectivity index (χ0v) is 37.6. The van der Waals surface area contributed by atoms with E-state index in [1.807, 2.05) is 12.4 Å². The summed E-state index contributed by atoms with van der Waals surface area (Å²) in [6.45, 7) is 0. The lowest BCUT2D eigenvalue weighted by Crippen LogP contribution is -1.99. The molecule has 0 fully saturated rings. The van der Waals surface area contributed by atoms with E-state index >= 15 is 0 Å². The van der Waals surface area contributed by atoms with Gasteiger partial charge in [-0.15, -0.1) is 0 Å². The third-order valence-electron chi connectivity index (χ3n) is 15.0. The Hall–Kier alpha value is -9.52. The molecule has 0 amide bonds. The van der Waals surface area contributed by atoms with Crippen LogP contribution >= 0.6 is 0 Å². The minimum Gasteiger partial charge on any atom is -0.309 e. The molecule has 6 heteroatoms. The SMILES string of the molecule is c1ccc(-n2c3ccccc3c3cc(-n4c5cccnc5c5c6ccccc6c6c(c7ccccc7c7c8ncccc8n(-c8ccc9c(c8)c8ccccc8n9-c8ccccc8)c76)c54)ccc32)cc1. The summed E-state index contributed by atoms with van der Waals surface area (Å²) in [7, 11) is 0. The molecular formula is C64H38N6. The Kier molecular flexibility index (Phi) is 7.52. The molecule has 16 rings (SSSR count). The first-order valence-electron chi connectivity index (χ1n) is 23.9. The van der Waals surface area contributed by atoms with E-state index in [4.69, 9.17) is 9.97 Å². The van der Waals surface area contributed by atoms with Crippen LogP contribution in [0.25, 0.3) is 143 Å². The van der Waals surface area contributed by atoms with Gasteiger partial charge in [0.15, 0.2) is 0 Å². The molecular weight excluding hydrogens is 853 g/mol. The van der Waals surface area contributed by atoms with Gasteiger partial charge in [0.05, 0.1) is 55.2 Å². The van der Waals surface area contributed by atoms with Crippen molar-refractivity contribution in [3.8, 4) is 22.7 Å². The number of fused-ring (bicyclic) bond motifs is 21. The number of rotatable bonds is 4. The van der Waals surface area contributed by atoms with Gasteiger partial charge in [-0.3, -0.25) is 9.97 Å². The first-order valence-corrected chi connectivity index (χ1v) is 23.9. The van der Waals surface area contributed by atoms with E-state index in [0.29, 0.717) is 0 Å². The summed E-state index contributed by atoms with van der Waals surface area (Å²) < 4.78 is 9.76. The molecule has 0 radical (unpaired) electrons. The second kappa shape index (κ2) is 14.0. The Balaban J connectivity index is 1.10. The highest BCUT2D eigenvalue weighted by Gasteiger charge is 2.27. The van der Waals surface area contributed by atoms with E-state index in [2.05, 4.69) is 237 Å². The number of hydrogen-bond donors (Lipinski definition) is 0. The van der Waals surface area contributed by atoms with Crippen molar-refractivity contribution in [2.24, 2.45) is 0 Å². The van der Waals surface area contributed by atoms with Gasteiger partial charge in [0.1, 0.15) is 0 Å². The van der Waals surface area contributed by atoms with Gasteiger partial charge in [-0.25, -0.2) is 0 Å². The van der Waals surface area contributed by atoms with Crippen molar-refractivity contribution in [1.29, 1.82) is 0 Å². The second-order valence-electron chi connectivity index (χ2n) is 18.5. The maximum absolute atomic E-state index is 5.25. The Bertz CT molecular complexity index is 4570. The second-order valence-corrected chi connectivity index (χ2v) is 18.5. The highest BCUT2D eigenvalue weighted by Crippen LogP contribution is 2.50. The molecule has 0 atom stereocenters. The van der Waals surface area contributed by atoms with Gasteiger partial charge in [0.2, 0.25) is 0 Å². The summed E-state index contributed by atoms with van der Waals surface area (Å²) in [6, 6.07) is 79.5. The first kappa shape index (κ1) is 37.6. The topological polar surface area (TPSA) is 45.5 Å². The third-order valence-corrected chi connectivity index (χ3v) is 15.0. The Morgan fingerprint density at radius 3 is 1.00 bits per heavy atom. The highest BCUT2D eigenvalue weighted by molar-refractivity contribution is 6.43. The van der Waals surface area contributed by atoms with Crippen molar-refractivity contribution < 1.29 is 0 Å². The number of benzene rings is 10. The maximum Gasteiger partial charge on any atom is 0.0969 e. The minimum absolute atomic E-state index is 0.981. The lowest BCUT2D eigenvalue weighted by Gasteiger charge is -2.17. The van der Waals surface area contributed by atoms with Crippen LogP contribution in [0.15, 0.2) is 231 Å². The quantitative estimate of drug-likeness (QED) is 0.165. The summed E-state index contributed by atoms with van der Waals surface area (Å²) in [6.07, 6.45) is 3.88. The smallest absolute Gasteiger partial charge is 0.0969 e. The summed E-state index contributed by atoms with van der Waals surface area (Å²) in [5.74, 6) is 0. The van der Waals surface area contributed by atoms with E-state index in [-0.39, 0.29) is 0 Å². The maximum atomic E-state index is 5.25. The molecule has 6 heterocycles. The van der Waals surface area contributed by atoms with Gasteiger partial charge in [0.25, 0.3) is 0 Å². The Morgan fingerprint density at radius 2 is 0.571 bits per heavy atom. The van der Waals surface area contributed by atoms with Crippen molar-refractivity contribution in [1.82, 2.24) is 28.2 Å². The molecule has 0 unspecified atom stereocenters. The standard InChI is InChI=1S/C64H38N6/c1-3-17-39(18-4-1)67-51-27-13-11-21-43(51)49-37-41(31-33-53(49)67)69-55-29-15-35-65-61(55)59-47-25-9-8-24-46(47)58-57(63(59)69)45-23-7-10-26-48(45)60-62-56(30-16-36-66-62)70(64(58)60)42-32-34-54-50(38-42)44-22-12-14-28-52(44)68(54)40-19-5-2-6-20-40/h1-38H. The van der Waals surface area contributed by atoms with E-state index < -0.39 is 0 Å². The summed E-state index contributed by atoms with van der Waals surface area (Å²) in [4.78, 5) is 10.5. The molecule has 0 aliphatic carbocycles. The summed E-state index contributed by atoms with van der Waals surface area (Å²) >= 11 is 0. The summed E-state index contributed by atoms with van der Waals surface area (Å²) in [5, 5.41) is 14.2. The fraction of sp³-hybridized carbons (Fsp3) is 0. The van der Waals surface area contributed by atoms with Crippen LogP contribution in [0.3, 0.4) is 0 Å². The van der Waals surface area contributed by atoms with Gasteiger partial charge < -0.3 is 18.3 Å². The number of pyridine rings is 2. The van der Waals surface area contributed by atoms with Gasteiger partial charge in [-0.2, -0.15) is 0 Å². The van der Waals surface area contributed by atoms with Crippen molar-refractivity contribution >= 4 is 120 Å². The Labute approximate surface area is 399 Å². The van der Waals surface area contributed by atoms with Crippen molar-refractivity contribution in [2.45, 2.75) is 0 Å². The minimum atomic E-state index is 0.981. The number of aromatic nitrogens is 6. The monoisotopic (exact) mass is 890 g/mol. The van der Waals surface area contributed by atoms with Crippen LogP contribution in [0.4, 0.5) is 0 Å².